The lowest BCUT2D eigenvalue weighted by atomic mass is 10.2. The Kier molecular flexibility index (Phi) is 3.79. The number of rotatable bonds is 4. The summed E-state index contributed by atoms with van der Waals surface area (Å²) in [5, 5.41) is 6.57. The summed E-state index contributed by atoms with van der Waals surface area (Å²) >= 11 is 0. The van der Waals surface area contributed by atoms with E-state index in [-0.39, 0.29) is 24.2 Å². The molecule has 0 atom stereocenters. The first-order valence-electron chi connectivity index (χ1n) is 5.73. The summed E-state index contributed by atoms with van der Waals surface area (Å²) in [7, 11) is 3.23. The number of carbonyl (C=O) groups is 1. The highest BCUT2D eigenvalue weighted by Crippen LogP contribution is 2.17. The lowest BCUT2D eigenvalue weighted by Crippen LogP contribution is -2.18. The highest BCUT2D eigenvalue weighted by molar-refractivity contribution is 5.95. The molecule has 1 amide bonds. The van der Waals surface area contributed by atoms with Crippen LogP contribution in [0.4, 0.5) is 4.39 Å². The number of hydrogen-bond donors (Lipinski definition) is 1. The number of hydrogen-bond acceptors (Lipinski definition) is 3. The number of benzene rings is 1. The van der Waals surface area contributed by atoms with Crippen LogP contribution in [0.2, 0.25) is 0 Å². The minimum absolute atomic E-state index is 0.152. The predicted octanol–water partition coefficient (Wildman–Crippen LogP) is 1.50. The van der Waals surface area contributed by atoms with Crippen LogP contribution in [0.1, 0.15) is 15.9 Å². The molecule has 0 saturated carbocycles. The van der Waals surface area contributed by atoms with Crippen molar-refractivity contribution in [1.29, 1.82) is 0 Å². The van der Waals surface area contributed by atoms with Gasteiger partial charge in [-0.3, -0.25) is 9.48 Å². The quantitative estimate of drug-likeness (QED) is 0.909. The van der Waals surface area contributed by atoms with Gasteiger partial charge in [0.05, 0.1) is 0 Å². The second-order valence-corrected chi connectivity index (χ2v) is 4.02. The Morgan fingerprint density at radius 3 is 3.00 bits per heavy atom. The Hall–Kier alpha value is -2.37. The Morgan fingerprint density at radius 2 is 2.32 bits per heavy atom. The molecule has 2 aromatic rings. The van der Waals surface area contributed by atoms with Crippen LogP contribution in [0, 0.1) is 5.82 Å². The number of aromatic nitrogens is 2. The highest BCUT2D eigenvalue weighted by atomic mass is 19.1. The van der Waals surface area contributed by atoms with Crippen LogP contribution in [-0.2, 0) is 13.7 Å². The van der Waals surface area contributed by atoms with Crippen molar-refractivity contribution >= 4 is 5.91 Å². The second kappa shape index (κ2) is 5.51. The smallest absolute Gasteiger partial charge is 0.258 e. The zero-order chi connectivity index (χ0) is 13.8. The van der Waals surface area contributed by atoms with E-state index in [1.807, 2.05) is 0 Å². The first kappa shape index (κ1) is 13.1. The molecule has 1 aromatic carbocycles. The third kappa shape index (κ3) is 3.09. The zero-order valence-electron chi connectivity index (χ0n) is 10.7. The van der Waals surface area contributed by atoms with E-state index in [4.69, 9.17) is 4.74 Å². The number of carbonyl (C=O) groups excluding carboxylic acids is 1. The predicted molar refractivity (Wildman–Crippen MR) is 67.3 cm³/mol. The summed E-state index contributed by atoms with van der Waals surface area (Å²) in [6, 6.07) is 6.08. The van der Waals surface area contributed by atoms with E-state index < -0.39 is 0 Å². The van der Waals surface area contributed by atoms with Crippen LogP contribution in [-0.4, -0.2) is 22.7 Å². The van der Waals surface area contributed by atoms with Crippen LogP contribution in [0.5, 0.6) is 5.88 Å². The van der Waals surface area contributed by atoms with Gasteiger partial charge in [0.25, 0.3) is 5.91 Å². The van der Waals surface area contributed by atoms with Gasteiger partial charge in [0.2, 0.25) is 5.88 Å². The molecule has 100 valence electrons. The maximum atomic E-state index is 13.0. The van der Waals surface area contributed by atoms with Gasteiger partial charge < -0.3 is 10.1 Å². The Bertz CT molecular complexity index is 595. The molecule has 1 aromatic heterocycles. The van der Waals surface area contributed by atoms with Crippen molar-refractivity contribution in [2.24, 2.45) is 7.05 Å². The average molecular weight is 263 g/mol. The summed E-state index contributed by atoms with van der Waals surface area (Å²) in [5.41, 5.74) is 1.02. The molecule has 1 N–H and O–H groups in total. The normalized spacial score (nSPS) is 10.3. The zero-order valence-corrected chi connectivity index (χ0v) is 10.7. The Balaban J connectivity index is 2.13. The van der Waals surface area contributed by atoms with E-state index in [1.165, 1.54) is 23.9 Å². The first-order valence-corrected chi connectivity index (χ1v) is 5.73. The largest absolute Gasteiger partial charge is 0.471 e. The fraction of sp³-hybridized carbons (Fsp3) is 0.231. The highest BCUT2D eigenvalue weighted by Gasteiger charge is 2.15. The lowest BCUT2D eigenvalue weighted by Gasteiger charge is -2.05. The van der Waals surface area contributed by atoms with Gasteiger partial charge in [-0.2, -0.15) is 0 Å². The molecule has 0 saturated heterocycles. The van der Waals surface area contributed by atoms with Crippen molar-refractivity contribution in [3.63, 3.8) is 0 Å². The number of aryl methyl sites for hydroxylation is 1. The molecule has 0 aliphatic heterocycles. The van der Waals surface area contributed by atoms with E-state index in [2.05, 4.69) is 10.4 Å². The van der Waals surface area contributed by atoms with Crippen molar-refractivity contribution in [2.45, 2.75) is 6.61 Å². The van der Waals surface area contributed by atoms with Gasteiger partial charge in [0.1, 0.15) is 18.0 Å². The summed E-state index contributed by atoms with van der Waals surface area (Å²) < 4.78 is 20.0. The Morgan fingerprint density at radius 1 is 1.53 bits per heavy atom. The molecule has 0 fully saturated rings. The van der Waals surface area contributed by atoms with Gasteiger partial charge >= 0.3 is 0 Å². The molecule has 0 aliphatic carbocycles. The number of ether oxygens (including phenoxy) is 1. The fourth-order valence-electron chi connectivity index (χ4n) is 1.64. The summed E-state index contributed by atoms with van der Waals surface area (Å²) in [6.45, 7) is 0.152. The summed E-state index contributed by atoms with van der Waals surface area (Å²) in [6.07, 6.45) is 1.57. The average Bonchev–Trinajstić information content (AvgIpc) is 2.77. The van der Waals surface area contributed by atoms with E-state index in [0.717, 1.165) is 0 Å². The van der Waals surface area contributed by atoms with Crippen LogP contribution >= 0.6 is 0 Å². The van der Waals surface area contributed by atoms with Crippen molar-refractivity contribution in [2.75, 3.05) is 7.05 Å². The molecule has 0 bridgehead atoms. The molecule has 19 heavy (non-hydrogen) atoms. The molecule has 2 rings (SSSR count). The molecule has 0 unspecified atom stereocenters. The van der Waals surface area contributed by atoms with Gasteiger partial charge in [0.15, 0.2) is 0 Å². The van der Waals surface area contributed by atoms with Gasteiger partial charge in [-0.25, -0.2) is 4.39 Å². The van der Waals surface area contributed by atoms with Gasteiger partial charge in [-0.05, 0) is 17.7 Å². The molecule has 0 radical (unpaired) electrons. The van der Waals surface area contributed by atoms with E-state index >= 15 is 0 Å². The first-order chi connectivity index (χ1) is 9.10. The molecule has 6 heteroatoms. The van der Waals surface area contributed by atoms with E-state index in [9.17, 15) is 9.18 Å². The molecule has 0 aliphatic rings. The molecule has 1 heterocycles. The molecule has 5 nitrogen and oxygen atoms in total. The topological polar surface area (TPSA) is 56.2 Å². The van der Waals surface area contributed by atoms with Crippen molar-refractivity contribution < 1.29 is 13.9 Å². The van der Waals surface area contributed by atoms with Crippen LogP contribution < -0.4 is 10.1 Å². The lowest BCUT2D eigenvalue weighted by molar-refractivity contribution is 0.0958. The van der Waals surface area contributed by atoms with Crippen molar-refractivity contribution in [3.05, 3.63) is 47.4 Å². The van der Waals surface area contributed by atoms with Crippen LogP contribution in [0.3, 0.4) is 0 Å². The monoisotopic (exact) mass is 263 g/mol. The maximum Gasteiger partial charge on any atom is 0.258 e. The van der Waals surface area contributed by atoms with Crippen molar-refractivity contribution in [3.8, 4) is 5.88 Å². The Labute approximate surface area is 110 Å². The van der Waals surface area contributed by atoms with Gasteiger partial charge in [-0.15, -0.1) is 5.10 Å². The van der Waals surface area contributed by atoms with E-state index in [0.29, 0.717) is 11.1 Å². The summed E-state index contributed by atoms with van der Waals surface area (Å²) in [5.74, 6) is -0.373. The third-order valence-corrected chi connectivity index (χ3v) is 2.53. The maximum absolute atomic E-state index is 13.0. The number of halogens is 1. The van der Waals surface area contributed by atoms with Gasteiger partial charge in [0, 0.05) is 20.3 Å². The van der Waals surface area contributed by atoms with Crippen molar-refractivity contribution in [1.82, 2.24) is 15.1 Å². The molecular weight excluding hydrogens is 249 g/mol. The van der Waals surface area contributed by atoms with Crippen LogP contribution in [0.15, 0.2) is 30.5 Å². The minimum atomic E-state index is -0.325. The SMILES string of the molecule is CNC(=O)c1cn(C)nc1OCc1cccc(F)c1. The second-order valence-electron chi connectivity index (χ2n) is 4.02. The third-order valence-electron chi connectivity index (χ3n) is 2.53. The number of amides is 1. The summed E-state index contributed by atoms with van der Waals surface area (Å²) in [4.78, 5) is 11.6. The van der Waals surface area contributed by atoms with Crippen LogP contribution in [0.25, 0.3) is 0 Å². The standard InChI is InChI=1S/C13H14FN3O2/c1-15-12(18)11-7-17(2)16-13(11)19-8-9-4-3-5-10(14)6-9/h3-7H,8H2,1-2H3,(H,15,18). The molecular formula is C13H14FN3O2. The van der Waals surface area contributed by atoms with Gasteiger partial charge in [-0.1, -0.05) is 12.1 Å². The number of nitrogens with zero attached hydrogens (tertiary/aromatic N) is 2. The minimum Gasteiger partial charge on any atom is -0.471 e. The molecule has 0 spiro atoms. The number of nitrogens with one attached hydrogen (secondary N) is 1. The fourth-order valence-corrected chi connectivity index (χ4v) is 1.64. The van der Waals surface area contributed by atoms with E-state index in [1.54, 1.807) is 25.4 Å².